The van der Waals surface area contributed by atoms with Gasteiger partial charge in [-0.2, -0.15) is 0 Å². The van der Waals surface area contributed by atoms with Crippen LogP contribution in [0.4, 0.5) is 0 Å². The molecule has 0 aromatic heterocycles. The van der Waals surface area contributed by atoms with Crippen LogP contribution in [0.15, 0.2) is 0 Å². The molecule has 0 unspecified atom stereocenters. The van der Waals surface area contributed by atoms with Crippen molar-refractivity contribution in [2.24, 2.45) is 0 Å². The van der Waals surface area contributed by atoms with Crippen molar-refractivity contribution < 1.29 is 25.2 Å². The maximum absolute atomic E-state index is 8.01. The van der Waals surface area contributed by atoms with Crippen molar-refractivity contribution in [2.75, 3.05) is 6.61 Å². The van der Waals surface area contributed by atoms with Crippen LogP contribution in [0.2, 0.25) is 0 Å². The van der Waals surface area contributed by atoms with Gasteiger partial charge in [0.05, 0.1) is 0 Å². The minimum Gasteiger partial charge on any atom is -0.366 e. The van der Waals surface area contributed by atoms with Crippen LogP contribution in [0.3, 0.4) is 0 Å². The Morgan fingerprint density at radius 1 is 1.12 bits per heavy atom. The summed E-state index contributed by atoms with van der Waals surface area (Å²) in [5.74, 6) is 0. The number of aliphatic hydroxyl groups is 4. The topological polar surface area (TPSA) is 90.2 Å². The van der Waals surface area contributed by atoms with E-state index < -0.39 is 19.4 Å². The highest BCUT2D eigenvalue weighted by Crippen LogP contribution is 1.81. The number of rotatable bonds is 3. The molecule has 0 rings (SSSR count). The zero-order valence-corrected chi connectivity index (χ0v) is 4.06. The van der Waals surface area contributed by atoms with E-state index in [1.165, 1.54) is 0 Å². The molecule has 0 aliphatic heterocycles. The molecule has 0 aromatic carbocycles. The van der Waals surface area contributed by atoms with Crippen molar-refractivity contribution in [3.63, 3.8) is 0 Å². The molecule has 0 aliphatic rings. The van der Waals surface area contributed by atoms with E-state index in [1.54, 1.807) is 0 Å². The van der Waals surface area contributed by atoms with E-state index in [9.17, 15) is 0 Å². The molecule has 4 N–H and O–H groups in total. The molecule has 0 aromatic rings. The maximum atomic E-state index is 8.01. The van der Waals surface area contributed by atoms with Crippen molar-refractivity contribution in [3.05, 3.63) is 0 Å². The first kappa shape index (κ1) is 7.80. The largest absolute Gasteiger partial charge is 0.366 e. The highest BCUT2D eigenvalue weighted by Gasteiger charge is 2.00. The fourth-order valence-electron chi connectivity index (χ4n) is 0.172. The molecular formula is C3H8O5. The quantitative estimate of drug-likeness (QED) is 0.314. The second-order valence-corrected chi connectivity index (χ2v) is 1.14. The van der Waals surface area contributed by atoms with Crippen LogP contribution in [0.1, 0.15) is 0 Å². The molecule has 0 saturated heterocycles. The van der Waals surface area contributed by atoms with E-state index in [4.69, 9.17) is 20.4 Å². The summed E-state index contributed by atoms with van der Waals surface area (Å²) in [5.41, 5.74) is 0. The third-order valence-corrected chi connectivity index (χ3v) is 0.394. The molecular weight excluding hydrogens is 116 g/mol. The molecule has 0 aliphatic carbocycles. The van der Waals surface area contributed by atoms with Gasteiger partial charge in [0.15, 0.2) is 6.29 Å². The van der Waals surface area contributed by atoms with Crippen molar-refractivity contribution in [1.29, 1.82) is 0 Å². The van der Waals surface area contributed by atoms with Gasteiger partial charge in [0.2, 0.25) is 0 Å². The molecule has 5 nitrogen and oxygen atoms in total. The Morgan fingerprint density at radius 2 is 1.62 bits per heavy atom. The van der Waals surface area contributed by atoms with Crippen molar-refractivity contribution >= 4 is 0 Å². The van der Waals surface area contributed by atoms with Crippen LogP contribution in [0.5, 0.6) is 0 Å². The van der Waals surface area contributed by atoms with Crippen LogP contribution < -0.4 is 0 Å². The van der Waals surface area contributed by atoms with Crippen LogP contribution >= 0.6 is 0 Å². The summed E-state index contributed by atoms with van der Waals surface area (Å²) < 4.78 is 3.91. The van der Waals surface area contributed by atoms with Gasteiger partial charge in [-0.1, -0.05) is 0 Å². The molecule has 8 heavy (non-hydrogen) atoms. The Balaban J connectivity index is 2.93. The maximum Gasteiger partial charge on any atom is 0.266 e. The first-order chi connectivity index (χ1) is 3.63. The Labute approximate surface area is 45.8 Å². The van der Waals surface area contributed by atoms with E-state index in [0.29, 0.717) is 0 Å². The summed E-state index contributed by atoms with van der Waals surface area (Å²) in [5, 5.41) is 31.8. The van der Waals surface area contributed by atoms with Crippen LogP contribution in [0, 0.1) is 0 Å². The first-order valence-corrected chi connectivity index (χ1v) is 1.97. The zero-order chi connectivity index (χ0) is 6.57. The predicted molar refractivity (Wildman–Crippen MR) is 22.4 cm³/mol. The lowest BCUT2D eigenvalue weighted by Crippen LogP contribution is -2.20. The second-order valence-electron chi connectivity index (χ2n) is 1.14. The van der Waals surface area contributed by atoms with Gasteiger partial charge < -0.3 is 25.2 Å². The summed E-state index contributed by atoms with van der Waals surface area (Å²) in [6.45, 7) is -2.44. The fourth-order valence-corrected chi connectivity index (χ4v) is 0.172. The minimum atomic E-state index is -1.93. The molecule has 5 heteroatoms. The highest BCUT2D eigenvalue weighted by molar-refractivity contribution is 4.27. The average molecular weight is 124 g/mol. The lowest BCUT2D eigenvalue weighted by Gasteiger charge is -2.05. The van der Waals surface area contributed by atoms with Gasteiger partial charge >= 0.3 is 0 Å². The fraction of sp³-hybridized carbons (Fsp3) is 1.00. The molecule has 0 spiro atoms. The van der Waals surface area contributed by atoms with Gasteiger partial charge in [-0.25, -0.2) is 0 Å². The van der Waals surface area contributed by atoms with Crippen LogP contribution in [0.25, 0.3) is 0 Å². The van der Waals surface area contributed by atoms with Crippen LogP contribution in [-0.4, -0.2) is 39.8 Å². The normalized spacial score (nSPS) is 11.2. The van der Waals surface area contributed by atoms with Gasteiger partial charge in [0.25, 0.3) is 6.48 Å². The Hall–Kier alpha value is -0.200. The monoisotopic (exact) mass is 124 g/mol. The summed E-state index contributed by atoms with van der Waals surface area (Å²) in [6.07, 6.45) is -1.66. The third kappa shape index (κ3) is 5.80. The van der Waals surface area contributed by atoms with E-state index >= 15 is 0 Å². The predicted octanol–water partition coefficient (Wildman–Crippen LogP) is -2.42. The number of aliphatic hydroxyl groups excluding tert-OH is 2. The standard InChI is InChI=1S/C3H8O5/c4-2(5)1-8-3(6)7/h2-7H,1H2. The molecule has 0 amide bonds. The summed E-state index contributed by atoms with van der Waals surface area (Å²) >= 11 is 0. The number of ether oxygens (including phenoxy) is 1. The van der Waals surface area contributed by atoms with Gasteiger partial charge in [0.1, 0.15) is 6.61 Å². The van der Waals surface area contributed by atoms with Gasteiger partial charge in [-0.05, 0) is 0 Å². The van der Waals surface area contributed by atoms with E-state index in [1.807, 2.05) is 0 Å². The second kappa shape index (κ2) is 3.76. The SMILES string of the molecule is OC(O)COC(O)O. The Kier molecular flexibility index (Phi) is 3.67. The van der Waals surface area contributed by atoms with Crippen molar-refractivity contribution in [3.8, 4) is 0 Å². The molecule has 0 atom stereocenters. The van der Waals surface area contributed by atoms with Gasteiger partial charge in [-0.15, -0.1) is 0 Å². The van der Waals surface area contributed by atoms with E-state index in [2.05, 4.69) is 4.74 Å². The number of hydrogen-bond acceptors (Lipinski definition) is 5. The number of hydrogen-bond donors (Lipinski definition) is 4. The average Bonchev–Trinajstić information content (AvgIpc) is 1.61. The molecule has 0 bridgehead atoms. The highest BCUT2D eigenvalue weighted by atomic mass is 16.7. The molecule has 0 saturated carbocycles. The summed E-state index contributed by atoms with van der Waals surface area (Å²) in [4.78, 5) is 0. The summed E-state index contributed by atoms with van der Waals surface area (Å²) in [6, 6.07) is 0. The molecule has 50 valence electrons. The van der Waals surface area contributed by atoms with Crippen molar-refractivity contribution in [2.45, 2.75) is 12.8 Å². The Bertz CT molecular complexity index is 43.6. The van der Waals surface area contributed by atoms with E-state index in [0.717, 1.165) is 0 Å². The summed E-state index contributed by atoms with van der Waals surface area (Å²) in [7, 11) is 0. The smallest absolute Gasteiger partial charge is 0.266 e. The lowest BCUT2D eigenvalue weighted by molar-refractivity contribution is -0.258. The van der Waals surface area contributed by atoms with Gasteiger partial charge in [0, 0.05) is 0 Å². The molecule has 0 heterocycles. The first-order valence-electron chi connectivity index (χ1n) is 1.97. The van der Waals surface area contributed by atoms with Crippen molar-refractivity contribution in [1.82, 2.24) is 0 Å². The molecule has 0 fully saturated rings. The zero-order valence-electron chi connectivity index (χ0n) is 4.06. The Morgan fingerprint density at radius 3 is 1.75 bits per heavy atom. The van der Waals surface area contributed by atoms with E-state index in [-0.39, 0.29) is 0 Å². The lowest BCUT2D eigenvalue weighted by atomic mass is 10.7. The molecule has 0 radical (unpaired) electrons. The minimum absolute atomic E-state index is 0.502. The van der Waals surface area contributed by atoms with Gasteiger partial charge in [-0.3, -0.25) is 0 Å². The van der Waals surface area contributed by atoms with Crippen LogP contribution in [-0.2, 0) is 4.74 Å². The third-order valence-electron chi connectivity index (χ3n) is 0.394.